The van der Waals surface area contributed by atoms with Gasteiger partial charge in [-0.1, -0.05) is 0 Å². The van der Waals surface area contributed by atoms with E-state index in [9.17, 15) is 24.7 Å². The van der Waals surface area contributed by atoms with Crippen molar-refractivity contribution in [2.75, 3.05) is 36.0 Å². The number of halogens is 1. The predicted octanol–water partition coefficient (Wildman–Crippen LogP) is 2.47. The molecule has 2 aromatic carbocycles. The number of nitro groups is 1. The van der Waals surface area contributed by atoms with Crippen LogP contribution in [0, 0.1) is 15.9 Å². The predicted molar refractivity (Wildman–Crippen MR) is 87.3 cm³/mol. The van der Waals surface area contributed by atoms with Crippen molar-refractivity contribution < 1.29 is 19.5 Å². The third-order valence-corrected chi connectivity index (χ3v) is 4.08. The van der Waals surface area contributed by atoms with Gasteiger partial charge in [0.05, 0.1) is 16.7 Å². The van der Waals surface area contributed by atoms with Gasteiger partial charge in [-0.15, -0.1) is 0 Å². The molecule has 8 heteroatoms. The largest absolute Gasteiger partial charge is 0.508 e. The molecule has 0 atom stereocenters. The molecule has 1 aliphatic heterocycles. The minimum atomic E-state index is -0.815. The normalized spacial score (nSPS) is 14.7. The fraction of sp³-hybridized carbons (Fsp3) is 0.250. The molecule has 1 fully saturated rings. The second-order valence-corrected chi connectivity index (χ2v) is 5.54. The first kappa shape index (κ1) is 15.9. The molecule has 0 aromatic heterocycles. The van der Waals surface area contributed by atoms with Gasteiger partial charge in [0, 0.05) is 37.9 Å². The number of phenols is 2. The summed E-state index contributed by atoms with van der Waals surface area (Å²) in [6.45, 7) is 2.27. The number of anilines is 2. The zero-order valence-electron chi connectivity index (χ0n) is 12.7. The maximum Gasteiger partial charge on any atom is 0.313 e. The van der Waals surface area contributed by atoms with E-state index in [1.165, 1.54) is 0 Å². The number of benzene rings is 2. The molecule has 0 radical (unpaired) electrons. The van der Waals surface area contributed by atoms with Crippen molar-refractivity contribution in [1.29, 1.82) is 0 Å². The van der Waals surface area contributed by atoms with Crippen LogP contribution >= 0.6 is 0 Å². The fourth-order valence-corrected chi connectivity index (χ4v) is 2.80. The number of aromatic hydroxyl groups is 2. The van der Waals surface area contributed by atoms with E-state index in [2.05, 4.69) is 4.90 Å². The minimum absolute atomic E-state index is 0.156. The Hall–Kier alpha value is -3.03. The first-order valence-electron chi connectivity index (χ1n) is 7.41. The van der Waals surface area contributed by atoms with Gasteiger partial charge in [-0.25, -0.2) is 4.39 Å². The lowest BCUT2D eigenvalue weighted by Crippen LogP contribution is -2.46. The summed E-state index contributed by atoms with van der Waals surface area (Å²) in [5.74, 6) is -1.07. The summed E-state index contributed by atoms with van der Waals surface area (Å²) in [7, 11) is 0. The zero-order chi connectivity index (χ0) is 17.3. The van der Waals surface area contributed by atoms with Gasteiger partial charge in [-0.3, -0.25) is 10.1 Å². The smallest absolute Gasteiger partial charge is 0.313 e. The molecule has 2 N–H and O–H groups in total. The molecule has 0 saturated carbocycles. The average molecular weight is 333 g/mol. The lowest BCUT2D eigenvalue weighted by atomic mass is 10.2. The van der Waals surface area contributed by atoms with Crippen LogP contribution in [0.5, 0.6) is 11.5 Å². The topological polar surface area (TPSA) is 90.1 Å². The molecule has 126 valence electrons. The summed E-state index contributed by atoms with van der Waals surface area (Å²) < 4.78 is 14.1. The highest BCUT2D eigenvalue weighted by molar-refractivity contribution is 5.61. The van der Waals surface area contributed by atoms with Gasteiger partial charge in [-0.05, 0) is 24.3 Å². The van der Waals surface area contributed by atoms with Gasteiger partial charge in [0.25, 0.3) is 0 Å². The van der Waals surface area contributed by atoms with Crippen LogP contribution in [0.15, 0.2) is 36.4 Å². The van der Waals surface area contributed by atoms with Gasteiger partial charge < -0.3 is 20.0 Å². The van der Waals surface area contributed by atoms with Gasteiger partial charge >= 0.3 is 5.69 Å². The Labute approximate surface area is 137 Å². The van der Waals surface area contributed by atoms with Gasteiger partial charge in [0.15, 0.2) is 11.6 Å². The number of hydrogen-bond acceptors (Lipinski definition) is 6. The Morgan fingerprint density at radius 2 is 1.58 bits per heavy atom. The van der Waals surface area contributed by atoms with Gasteiger partial charge in [0.1, 0.15) is 5.75 Å². The Morgan fingerprint density at radius 3 is 2.17 bits per heavy atom. The van der Waals surface area contributed by atoms with Crippen LogP contribution in [0.1, 0.15) is 0 Å². The Kier molecular flexibility index (Phi) is 4.11. The summed E-state index contributed by atoms with van der Waals surface area (Å²) in [5.41, 5.74) is 0.474. The maximum absolute atomic E-state index is 14.1. The van der Waals surface area contributed by atoms with E-state index in [1.807, 2.05) is 12.1 Å². The van der Waals surface area contributed by atoms with E-state index in [1.54, 1.807) is 17.0 Å². The average Bonchev–Trinajstić information content (AvgIpc) is 2.57. The summed E-state index contributed by atoms with van der Waals surface area (Å²) in [6.07, 6.45) is 0. The molecule has 2 aromatic rings. The highest BCUT2D eigenvalue weighted by Crippen LogP contribution is 2.34. The SMILES string of the molecule is O=[N+]([O-])c1cc(F)c(N2CCN(c3ccc(O)cc3)CC2)cc1O. The number of nitrogens with zero attached hydrogens (tertiary/aromatic N) is 3. The molecule has 1 heterocycles. The molecule has 1 saturated heterocycles. The number of nitro benzene ring substituents is 1. The van der Waals surface area contributed by atoms with E-state index >= 15 is 0 Å². The number of phenolic OH excluding ortho intramolecular Hbond substituents is 2. The van der Waals surface area contributed by atoms with Crippen molar-refractivity contribution in [2.24, 2.45) is 0 Å². The third-order valence-electron chi connectivity index (χ3n) is 4.08. The van der Waals surface area contributed by atoms with E-state index in [0.29, 0.717) is 26.2 Å². The van der Waals surface area contributed by atoms with E-state index in [4.69, 9.17) is 0 Å². The monoisotopic (exact) mass is 333 g/mol. The van der Waals surface area contributed by atoms with E-state index < -0.39 is 22.2 Å². The molecule has 0 aliphatic carbocycles. The summed E-state index contributed by atoms with van der Waals surface area (Å²) in [4.78, 5) is 13.8. The molecule has 24 heavy (non-hydrogen) atoms. The van der Waals surface area contributed by atoms with Gasteiger partial charge in [0.2, 0.25) is 0 Å². The van der Waals surface area contributed by atoms with Crippen LogP contribution in [-0.2, 0) is 0 Å². The van der Waals surface area contributed by atoms with Crippen molar-refractivity contribution in [3.8, 4) is 11.5 Å². The Bertz CT molecular complexity index is 759. The molecule has 0 bridgehead atoms. The standard InChI is InChI=1S/C16H16FN3O4/c17-13-9-15(20(23)24)16(22)10-14(13)19-7-5-18(6-8-19)11-1-3-12(21)4-2-11/h1-4,9-10,21-22H,5-8H2. The maximum atomic E-state index is 14.1. The first-order valence-corrected chi connectivity index (χ1v) is 7.41. The van der Waals surface area contributed by atoms with Crippen molar-refractivity contribution >= 4 is 17.1 Å². The fourth-order valence-electron chi connectivity index (χ4n) is 2.80. The molecule has 1 aliphatic rings. The van der Waals surface area contributed by atoms with Crippen LogP contribution in [-0.4, -0.2) is 41.3 Å². The highest BCUT2D eigenvalue weighted by Gasteiger charge is 2.24. The molecule has 7 nitrogen and oxygen atoms in total. The van der Waals surface area contributed by atoms with Crippen LogP contribution in [0.4, 0.5) is 21.5 Å². The Balaban J connectivity index is 1.74. The minimum Gasteiger partial charge on any atom is -0.508 e. The van der Waals surface area contributed by atoms with Crippen LogP contribution in [0.25, 0.3) is 0 Å². The van der Waals surface area contributed by atoms with Crippen molar-refractivity contribution in [1.82, 2.24) is 0 Å². The second-order valence-electron chi connectivity index (χ2n) is 5.54. The summed E-state index contributed by atoms with van der Waals surface area (Å²) in [5, 5.41) is 29.8. The van der Waals surface area contributed by atoms with E-state index in [0.717, 1.165) is 17.8 Å². The Morgan fingerprint density at radius 1 is 1.00 bits per heavy atom. The molecule has 0 amide bonds. The molecular formula is C16H16FN3O4. The lowest BCUT2D eigenvalue weighted by molar-refractivity contribution is -0.386. The van der Waals surface area contributed by atoms with Crippen LogP contribution in [0.2, 0.25) is 0 Å². The summed E-state index contributed by atoms with van der Waals surface area (Å²) >= 11 is 0. The third kappa shape index (κ3) is 3.03. The highest BCUT2D eigenvalue weighted by atomic mass is 19.1. The zero-order valence-corrected chi connectivity index (χ0v) is 12.7. The molecule has 0 spiro atoms. The van der Waals surface area contributed by atoms with Crippen molar-refractivity contribution in [3.05, 3.63) is 52.3 Å². The molecular weight excluding hydrogens is 317 g/mol. The van der Waals surface area contributed by atoms with Crippen molar-refractivity contribution in [2.45, 2.75) is 0 Å². The lowest BCUT2D eigenvalue weighted by Gasteiger charge is -2.37. The number of hydrogen-bond donors (Lipinski definition) is 2. The quantitative estimate of drug-likeness (QED) is 0.662. The van der Waals surface area contributed by atoms with Crippen LogP contribution in [0.3, 0.4) is 0 Å². The van der Waals surface area contributed by atoms with E-state index in [-0.39, 0.29) is 11.4 Å². The van der Waals surface area contributed by atoms with Gasteiger partial charge in [-0.2, -0.15) is 0 Å². The second kappa shape index (κ2) is 6.23. The summed E-state index contributed by atoms with van der Waals surface area (Å²) in [6, 6.07) is 8.68. The van der Waals surface area contributed by atoms with Crippen molar-refractivity contribution in [3.63, 3.8) is 0 Å². The first-order chi connectivity index (χ1) is 11.5. The number of piperazine rings is 1. The molecule has 3 rings (SSSR count). The molecule has 0 unspecified atom stereocenters. The van der Waals surface area contributed by atoms with Crippen LogP contribution < -0.4 is 9.80 Å². The number of rotatable bonds is 3.